The summed E-state index contributed by atoms with van der Waals surface area (Å²) in [5, 5.41) is 23.5. The minimum absolute atomic E-state index is 0.0269. The number of hydrogen-bond acceptors (Lipinski definition) is 8. The second kappa shape index (κ2) is 8.33. The molecule has 158 valence electrons. The molecule has 2 aliphatic heterocycles. The summed E-state index contributed by atoms with van der Waals surface area (Å²) in [5.74, 6) is -4.11. The normalized spacial score (nSPS) is 28.5. The maximum Gasteiger partial charge on any atom is 0.342 e. The molecule has 0 radical (unpaired) electrons. The average molecular weight is 433 g/mol. The number of ether oxygens (including phenoxy) is 2. The first-order valence-electron chi connectivity index (χ1n) is 9.51. The fourth-order valence-electron chi connectivity index (χ4n) is 3.78. The number of carbonyl (C=O) groups excluding carboxylic acids is 2. The largest absolute Gasteiger partial charge is 0.405 e. The molecule has 8 nitrogen and oxygen atoms in total. The summed E-state index contributed by atoms with van der Waals surface area (Å²) >= 11 is 6.06. The van der Waals surface area contributed by atoms with E-state index in [1.165, 1.54) is 0 Å². The number of aliphatic hydroxyl groups is 2. The Hall–Kier alpha value is -2.49. The second-order valence-electron chi connectivity index (χ2n) is 7.18. The molecule has 0 aliphatic carbocycles. The molecule has 2 aromatic rings. The maximum atomic E-state index is 12.4. The van der Waals surface area contributed by atoms with E-state index in [2.05, 4.69) is 5.32 Å². The Balaban J connectivity index is 1.82. The molecule has 2 fully saturated rings. The van der Waals surface area contributed by atoms with Crippen molar-refractivity contribution in [3.63, 3.8) is 0 Å². The Morgan fingerprint density at radius 2 is 1.53 bits per heavy atom. The van der Waals surface area contributed by atoms with Gasteiger partial charge >= 0.3 is 17.8 Å². The summed E-state index contributed by atoms with van der Waals surface area (Å²) in [6.45, 7) is 0.870. The number of rotatable bonds is 3. The molecule has 3 atom stereocenters. The van der Waals surface area contributed by atoms with Gasteiger partial charge in [-0.3, -0.25) is 0 Å². The molecular formula is C21H21ClN2O6. The Labute approximate surface area is 178 Å². The van der Waals surface area contributed by atoms with Crippen molar-refractivity contribution in [3.05, 3.63) is 70.7 Å². The quantitative estimate of drug-likeness (QED) is 0.611. The third kappa shape index (κ3) is 3.80. The van der Waals surface area contributed by atoms with Gasteiger partial charge in [0.1, 0.15) is 0 Å². The summed E-state index contributed by atoms with van der Waals surface area (Å²) in [6, 6.07) is 16.2. The lowest BCUT2D eigenvalue weighted by Crippen LogP contribution is -2.65. The number of nitrogens with zero attached hydrogens (tertiary/aromatic N) is 1. The number of piperazine rings is 1. The van der Waals surface area contributed by atoms with Crippen molar-refractivity contribution < 1.29 is 29.3 Å². The molecule has 0 aromatic heterocycles. The van der Waals surface area contributed by atoms with Gasteiger partial charge < -0.3 is 25.0 Å². The second-order valence-corrected chi connectivity index (χ2v) is 7.62. The van der Waals surface area contributed by atoms with Crippen molar-refractivity contribution >= 4 is 23.5 Å². The minimum Gasteiger partial charge on any atom is -0.405 e. The first-order valence-corrected chi connectivity index (χ1v) is 9.89. The van der Waals surface area contributed by atoms with Crippen LogP contribution in [0.5, 0.6) is 0 Å². The monoisotopic (exact) mass is 432 g/mol. The third-order valence-electron chi connectivity index (χ3n) is 5.23. The summed E-state index contributed by atoms with van der Waals surface area (Å²) in [6.07, 6.45) is -4.04. The topological polar surface area (TPSA) is 108 Å². The lowest BCUT2D eigenvalue weighted by Gasteiger charge is -2.47. The van der Waals surface area contributed by atoms with E-state index < -0.39 is 36.1 Å². The van der Waals surface area contributed by atoms with E-state index in [-0.39, 0.29) is 6.54 Å². The van der Waals surface area contributed by atoms with Gasteiger partial charge in [0, 0.05) is 18.1 Å². The molecule has 9 heteroatoms. The zero-order valence-electron chi connectivity index (χ0n) is 15.9. The van der Waals surface area contributed by atoms with Gasteiger partial charge in [0.15, 0.2) is 12.2 Å². The van der Waals surface area contributed by atoms with E-state index >= 15 is 0 Å². The molecule has 0 amide bonds. The first-order chi connectivity index (χ1) is 14.4. The van der Waals surface area contributed by atoms with Crippen LogP contribution in [-0.4, -0.2) is 64.8 Å². The van der Waals surface area contributed by atoms with Crippen molar-refractivity contribution in [2.45, 2.75) is 24.2 Å². The molecule has 2 saturated heterocycles. The van der Waals surface area contributed by atoms with Gasteiger partial charge in [-0.1, -0.05) is 54.1 Å². The van der Waals surface area contributed by atoms with Gasteiger partial charge in [-0.05, 0) is 23.3 Å². The zero-order chi connectivity index (χ0) is 21.3. The van der Waals surface area contributed by atoms with E-state index in [4.69, 9.17) is 21.1 Å². The Bertz CT molecular complexity index is 901. The molecule has 0 saturated carbocycles. The Morgan fingerprint density at radius 3 is 2.13 bits per heavy atom. The van der Waals surface area contributed by atoms with Crippen LogP contribution < -0.4 is 5.32 Å². The molecule has 30 heavy (non-hydrogen) atoms. The number of nitrogens with one attached hydrogen (secondary N) is 1. The Kier molecular flexibility index (Phi) is 5.77. The number of esters is 2. The SMILES string of the molecule is O=C1OC2(CNCCN2C(c2ccccc2)c2ccc(Cl)cc2)OC(=O)C(O)C1O. The van der Waals surface area contributed by atoms with Crippen molar-refractivity contribution in [2.24, 2.45) is 0 Å². The summed E-state index contributed by atoms with van der Waals surface area (Å²) in [5.41, 5.74) is 1.71. The highest BCUT2D eigenvalue weighted by atomic mass is 35.5. The molecule has 2 heterocycles. The van der Waals surface area contributed by atoms with Crippen molar-refractivity contribution in [3.8, 4) is 0 Å². The van der Waals surface area contributed by atoms with E-state index in [0.29, 0.717) is 18.1 Å². The van der Waals surface area contributed by atoms with Crippen LogP contribution >= 0.6 is 11.6 Å². The first kappa shape index (κ1) is 20.8. The van der Waals surface area contributed by atoms with Crippen LogP contribution in [-0.2, 0) is 19.1 Å². The van der Waals surface area contributed by atoms with Crippen LogP contribution in [0, 0.1) is 0 Å². The Morgan fingerprint density at radius 1 is 0.967 bits per heavy atom. The van der Waals surface area contributed by atoms with Crippen molar-refractivity contribution in [2.75, 3.05) is 19.6 Å². The van der Waals surface area contributed by atoms with E-state index in [0.717, 1.165) is 11.1 Å². The maximum absolute atomic E-state index is 12.4. The standard InChI is InChI=1S/C21H21ClN2O6/c22-15-8-6-14(7-9-15)16(13-4-2-1-3-5-13)24-11-10-23-12-21(24)29-19(27)17(25)18(26)20(28)30-21/h1-9,16-18,23,25-26H,10-12H2. The molecule has 3 unspecified atom stereocenters. The van der Waals surface area contributed by atoms with E-state index in [1.54, 1.807) is 17.0 Å². The average Bonchev–Trinajstić information content (AvgIpc) is 2.83. The van der Waals surface area contributed by atoms with Crippen LogP contribution in [0.3, 0.4) is 0 Å². The fraction of sp³-hybridized carbons (Fsp3) is 0.333. The molecule has 1 spiro atoms. The summed E-state index contributed by atoms with van der Waals surface area (Å²) < 4.78 is 11.0. The lowest BCUT2D eigenvalue weighted by atomic mass is 9.95. The highest BCUT2D eigenvalue weighted by Gasteiger charge is 2.55. The third-order valence-corrected chi connectivity index (χ3v) is 5.48. The smallest absolute Gasteiger partial charge is 0.342 e. The number of aliphatic hydroxyl groups excluding tert-OH is 2. The van der Waals surface area contributed by atoms with E-state index in [9.17, 15) is 19.8 Å². The van der Waals surface area contributed by atoms with Crippen LogP contribution in [0.2, 0.25) is 5.02 Å². The van der Waals surface area contributed by atoms with Gasteiger partial charge in [-0.25, -0.2) is 14.5 Å². The van der Waals surface area contributed by atoms with Gasteiger partial charge in [0.2, 0.25) is 0 Å². The van der Waals surface area contributed by atoms with Crippen LogP contribution in [0.25, 0.3) is 0 Å². The predicted molar refractivity (Wildman–Crippen MR) is 106 cm³/mol. The van der Waals surface area contributed by atoms with Gasteiger partial charge in [0.25, 0.3) is 0 Å². The lowest BCUT2D eigenvalue weighted by molar-refractivity contribution is -0.296. The summed E-state index contributed by atoms with van der Waals surface area (Å²) in [7, 11) is 0. The van der Waals surface area contributed by atoms with Gasteiger partial charge in [-0.2, -0.15) is 0 Å². The molecule has 0 bridgehead atoms. The fourth-order valence-corrected chi connectivity index (χ4v) is 3.91. The molecule has 2 aliphatic rings. The number of hydrogen-bond donors (Lipinski definition) is 3. The van der Waals surface area contributed by atoms with Crippen LogP contribution in [0.4, 0.5) is 0 Å². The zero-order valence-corrected chi connectivity index (χ0v) is 16.7. The number of carbonyl (C=O) groups is 2. The summed E-state index contributed by atoms with van der Waals surface area (Å²) in [4.78, 5) is 26.5. The van der Waals surface area contributed by atoms with Crippen molar-refractivity contribution in [1.29, 1.82) is 0 Å². The van der Waals surface area contributed by atoms with Gasteiger partial charge in [-0.15, -0.1) is 0 Å². The van der Waals surface area contributed by atoms with Gasteiger partial charge in [0.05, 0.1) is 12.6 Å². The molecule has 3 N–H and O–H groups in total. The molecule has 2 aromatic carbocycles. The molecule has 4 rings (SSSR count). The minimum atomic E-state index is -2.02. The predicted octanol–water partition coefficient (Wildman–Crippen LogP) is 0.810. The molecular weight excluding hydrogens is 412 g/mol. The van der Waals surface area contributed by atoms with Crippen LogP contribution in [0.15, 0.2) is 54.6 Å². The van der Waals surface area contributed by atoms with Crippen molar-refractivity contribution in [1.82, 2.24) is 10.2 Å². The highest BCUT2D eigenvalue weighted by molar-refractivity contribution is 6.30. The number of benzene rings is 2. The van der Waals surface area contributed by atoms with E-state index in [1.807, 2.05) is 42.5 Å². The highest BCUT2D eigenvalue weighted by Crippen LogP contribution is 2.38. The van der Waals surface area contributed by atoms with Crippen LogP contribution in [0.1, 0.15) is 17.2 Å². The number of halogens is 1.